The van der Waals surface area contributed by atoms with E-state index in [0.29, 0.717) is 0 Å². The molecule has 0 aromatic carbocycles. The predicted molar refractivity (Wildman–Crippen MR) is 57.6 cm³/mol. The maximum absolute atomic E-state index is 4.50. The number of rotatable bonds is 1. The topological polar surface area (TPSA) is 42.2 Å². The lowest BCUT2D eigenvalue weighted by Crippen LogP contribution is -2.10. The Morgan fingerprint density at radius 2 is 2.29 bits per heavy atom. The highest BCUT2D eigenvalue weighted by Crippen LogP contribution is 2.10. The van der Waals surface area contributed by atoms with Crippen molar-refractivity contribution >= 4 is 11.5 Å². The number of hydrogen-bond donors (Lipinski definition) is 1. The summed E-state index contributed by atoms with van der Waals surface area (Å²) in [4.78, 5) is 4.50. The molecule has 0 atom stereocenters. The lowest BCUT2D eigenvalue weighted by Gasteiger charge is -2.04. The molecule has 14 heavy (non-hydrogen) atoms. The average Bonchev–Trinajstić information content (AvgIpc) is 2.43. The van der Waals surface area contributed by atoms with Gasteiger partial charge in [-0.05, 0) is 12.8 Å². The molecule has 4 nitrogen and oxygen atoms in total. The van der Waals surface area contributed by atoms with E-state index in [2.05, 4.69) is 15.4 Å². The van der Waals surface area contributed by atoms with E-state index in [1.807, 2.05) is 19.4 Å². The number of nitrogens with zero attached hydrogens (tertiary/aromatic N) is 3. The third-order valence-corrected chi connectivity index (χ3v) is 2.37. The number of aryl methyl sites for hydroxylation is 1. The quantitative estimate of drug-likeness (QED) is 0.737. The van der Waals surface area contributed by atoms with Gasteiger partial charge in [0.2, 0.25) is 0 Å². The van der Waals surface area contributed by atoms with Gasteiger partial charge >= 0.3 is 0 Å². The molecule has 0 aliphatic carbocycles. The second kappa shape index (κ2) is 4.26. The zero-order valence-corrected chi connectivity index (χ0v) is 8.53. The van der Waals surface area contributed by atoms with Crippen LogP contribution in [-0.2, 0) is 7.05 Å². The van der Waals surface area contributed by atoms with Crippen LogP contribution >= 0.6 is 0 Å². The molecule has 4 heteroatoms. The minimum Gasteiger partial charge on any atom is -0.342 e. The van der Waals surface area contributed by atoms with Crippen molar-refractivity contribution in [3.8, 4) is 0 Å². The summed E-state index contributed by atoms with van der Waals surface area (Å²) in [5.74, 6) is 1.11. The first kappa shape index (κ1) is 9.24. The molecule has 0 saturated carbocycles. The molecule has 76 valence electrons. The third kappa shape index (κ3) is 2.34. The Morgan fingerprint density at radius 1 is 1.36 bits per heavy atom. The molecule has 0 radical (unpaired) electrons. The Kier molecular flexibility index (Phi) is 2.81. The normalized spacial score (nSPS) is 17.4. The molecule has 2 heterocycles. The fraction of sp³-hybridized carbons (Fsp3) is 0.600. The summed E-state index contributed by atoms with van der Waals surface area (Å²) in [7, 11) is 1.92. The summed E-state index contributed by atoms with van der Waals surface area (Å²) in [6.45, 7) is 0.961. The molecule has 0 unspecified atom stereocenters. The predicted octanol–water partition coefficient (Wildman–Crippen LogP) is 1.80. The van der Waals surface area contributed by atoms with Gasteiger partial charge in [0.1, 0.15) is 5.84 Å². The zero-order valence-electron chi connectivity index (χ0n) is 8.53. The van der Waals surface area contributed by atoms with Gasteiger partial charge < -0.3 is 5.32 Å². The molecule has 2 rings (SSSR count). The van der Waals surface area contributed by atoms with Gasteiger partial charge in [-0.2, -0.15) is 5.10 Å². The molecule has 0 saturated heterocycles. The second-order valence-corrected chi connectivity index (χ2v) is 3.67. The van der Waals surface area contributed by atoms with E-state index < -0.39 is 0 Å². The summed E-state index contributed by atoms with van der Waals surface area (Å²) in [6, 6.07) is 0. The van der Waals surface area contributed by atoms with Gasteiger partial charge in [-0.15, -0.1) is 0 Å². The van der Waals surface area contributed by atoms with Crippen LogP contribution in [0, 0.1) is 0 Å². The van der Waals surface area contributed by atoms with E-state index in [9.17, 15) is 0 Å². The van der Waals surface area contributed by atoms with E-state index in [4.69, 9.17) is 0 Å². The second-order valence-electron chi connectivity index (χ2n) is 3.67. The summed E-state index contributed by atoms with van der Waals surface area (Å²) >= 11 is 0. The number of aliphatic imine (C=N–C) groups is 1. The zero-order chi connectivity index (χ0) is 9.80. The van der Waals surface area contributed by atoms with Crippen molar-refractivity contribution in [2.75, 3.05) is 11.9 Å². The van der Waals surface area contributed by atoms with Crippen LogP contribution in [0.2, 0.25) is 0 Å². The lowest BCUT2D eigenvalue weighted by atomic mass is 10.2. The van der Waals surface area contributed by atoms with Gasteiger partial charge in [0.05, 0.1) is 11.9 Å². The third-order valence-electron chi connectivity index (χ3n) is 2.37. The molecule has 0 fully saturated rings. The Hall–Kier alpha value is -1.32. The monoisotopic (exact) mass is 192 g/mol. The number of amidine groups is 1. The highest BCUT2D eigenvalue weighted by molar-refractivity contribution is 5.95. The van der Waals surface area contributed by atoms with Crippen LogP contribution in [0.5, 0.6) is 0 Å². The van der Waals surface area contributed by atoms with Gasteiger partial charge in [0.15, 0.2) is 0 Å². The van der Waals surface area contributed by atoms with Gasteiger partial charge in [-0.3, -0.25) is 9.67 Å². The minimum absolute atomic E-state index is 0.961. The molecular formula is C10H16N4. The summed E-state index contributed by atoms with van der Waals surface area (Å²) in [5, 5.41) is 7.41. The largest absolute Gasteiger partial charge is 0.342 e. The Bertz CT molecular complexity index is 327. The highest BCUT2D eigenvalue weighted by Gasteiger charge is 2.04. The van der Waals surface area contributed by atoms with Gasteiger partial charge in [-0.1, -0.05) is 6.42 Å². The van der Waals surface area contributed by atoms with Gasteiger partial charge in [-0.25, -0.2) is 0 Å². The van der Waals surface area contributed by atoms with E-state index in [1.54, 1.807) is 4.68 Å². The van der Waals surface area contributed by atoms with Crippen molar-refractivity contribution in [2.24, 2.45) is 12.0 Å². The Labute approximate surface area is 84.0 Å². The standard InChI is InChI=1S/C10H16N4/c1-14-8-9(7-12-14)13-10-5-3-2-4-6-11-10/h7-8H,2-6H2,1H3,(H,11,13). The molecule has 1 aromatic heterocycles. The van der Waals surface area contributed by atoms with Gasteiger partial charge in [0.25, 0.3) is 0 Å². The molecule has 1 aromatic rings. The summed E-state index contributed by atoms with van der Waals surface area (Å²) in [5.41, 5.74) is 1.04. The van der Waals surface area contributed by atoms with Crippen LogP contribution in [0.1, 0.15) is 25.7 Å². The molecule has 1 aliphatic heterocycles. The van der Waals surface area contributed by atoms with Crippen molar-refractivity contribution in [1.29, 1.82) is 0 Å². The van der Waals surface area contributed by atoms with Crippen molar-refractivity contribution in [2.45, 2.75) is 25.7 Å². The van der Waals surface area contributed by atoms with E-state index in [0.717, 1.165) is 24.5 Å². The molecular weight excluding hydrogens is 176 g/mol. The SMILES string of the molecule is Cn1cc(NC2=NCCCCC2)cn1. The van der Waals surface area contributed by atoms with E-state index in [-0.39, 0.29) is 0 Å². The number of nitrogens with one attached hydrogen (secondary N) is 1. The molecule has 0 amide bonds. The highest BCUT2D eigenvalue weighted by atomic mass is 15.3. The average molecular weight is 192 g/mol. The first-order valence-corrected chi connectivity index (χ1v) is 5.13. The van der Waals surface area contributed by atoms with Crippen LogP contribution in [0.4, 0.5) is 5.69 Å². The number of aromatic nitrogens is 2. The Morgan fingerprint density at radius 3 is 3.07 bits per heavy atom. The van der Waals surface area contributed by atoms with E-state index in [1.165, 1.54) is 19.3 Å². The molecule has 1 aliphatic rings. The lowest BCUT2D eigenvalue weighted by molar-refractivity contribution is 0.731. The maximum Gasteiger partial charge on any atom is 0.101 e. The van der Waals surface area contributed by atoms with E-state index >= 15 is 0 Å². The fourth-order valence-electron chi connectivity index (χ4n) is 1.63. The maximum atomic E-state index is 4.50. The fourth-order valence-corrected chi connectivity index (χ4v) is 1.63. The summed E-state index contributed by atoms with van der Waals surface area (Å²) < 4.78 is 1.79. The van der Waals surface area contributed by atoms with Gasteiger partial charge in [0, 0.05) is 26.2 Å². The van der Waals surface area contributed by atoms with Crippen molar-refractivity contribution in [1.82, 2.24) is 9.78 Å². The molecule has 1 N–H and O–H groups in total. The first-order valence-electron chi connectivity index (χ1n) is 5.13. The van der Waals surface area contributed by atoms with Crippen molar-refractivity contribution in [3.05, 3.63) is 12.4 Å². The summed E-state index contributed by atoms with van der Waals surface area (Å²) in [6.07, 6.45) is 8.61. The van der Waals surface area contributed by atoms with Crippen molar-refractivity contribution in [3.63, 3.8) is 0 Å². The van der Waals surface area contributed by atoms with Crippen LogP contribution < -0.4 is 5.32 Å². The smallest absolute Gasteiger partial charge is 0.101 e. The van der Waals surface area contributed by atoms with Crippen LogP contribution in [0.15, 0.2) is 17.4 Å². The molecule has 0 spiro atoms. The number of anilines is 1. The van der Waals surface area contributed by atoms with Crippen LogP contribution in [-0.4, -0.2) is 22.2 Å². The van der Waals surface area contributed by atoms with Crippen LogP contribution in [0.25, 0.3) is 0 Å². The van der Waals surface area contributed by atoms with Crippen molar-refractivity contribution < 1.29 is 0 Å². The number of hydrogen-bond acceptors (Lipinski definition) is 3. The first-order chi connectivity index (χ1) is 6.84. The molecule has 0 bridgehead atoms. The Balaban J connectivity index is 1.99. The minimum atomic E-state index is 0.961. The van der Waals surface area contributed by atoms with Crippen LogP contribution in [0.3, 0.4) is 0 Å².